The Balaban J connectivity index is 1.62. The highest BCUT2D eigenvalue weighted by Gasteiger charge is 2.46. The highest BCUT2D eigenvalue weighted by molar-refractivity contribution is 6.46. The summed E-state index contributed by atoms with van der Waals surface area (Å²) >= 11 is 0. The van der Waals surface area contributed by atoms with E-state index in [4.69, 9.17) is 9.47 Å². The number of aliphatic hydroxyl groups is 1. The number of ether oxygens (including phenoxy) is 2. The van der Waals surface area contributed by atoms with Gasteiger partial charge in [-0.25, -0.2) is 0 Å². The summed E-state index contributed by atoms with van der Waals surface area (Å²) in [5.74, 6) is -0.292. The number of nitrogens with zero attached hydrogens (tertiary/aromatic N) is 2. The van der Waals surface area contributed by atoms with Gasteiger partial charge in [0.25, 0.3) is 11.7 Å². The number of fused-ring (bicyclic) bond motifs is 1. The number of benzene rings is 2. The second-order valence-corrected chi connectivity index (χ2v) is 8.92. The maximum atomic E-state index is 13.4. The molecule has 3 aromatic rings. The normalized spacial score (nSPS) is 20.2. The molecule has 0 unspecified atom stereocenters. The number of hydrogen-bond acceptors (Lipinski definition) is 6. The Labute approximate surface area is 209 Å². The fourth-order valence-electron chi connectivity index (χ4n) is 4.73. The number of hydrogen-bond donors (Lipinski definition) is 1. The van der Waals surface area contributed by atoms with Crippen LogP contribution in [0.15, 0.2) is 85.2 Å². The van der Waals surface area contributed by atoms with Crippen LogP contribution in [0.1, 0.15) is 35.2 Å². The van der Waals surface area contributed by atoms with E-state index in [2.05, 4.69) is 11.6 Å². The molecule has 0 aliphatic carbocycles. The number of pyridine rings is 1. The molecule has 7 nitrogen and oxygen atoms in total. The molecule has 3 heterocycles. The van der Waals surface area contributed by atoms with E-state index in [1.54, 1.807) is 54.9 Å². The van der Waals surface area contributed by atoms with Gasteiger partial charge in [0.05, 0.1) is 11.6 Å². The number of amides is 1. The van der Waals surface area contributed by atoms with E-state index in [1.165, 1.54) is 4.90 Å². The van der Waals surface area contributed by atoms with Crippen LogP contribution in [-0.2, 0) is 22.6 Å². The van der Waals surface area contributed by atoms with Crippen LogP contribution in [-0.4, -0.2) is 39.4 Å². The largest absolute Gasteiger partial charge is 0.507 e. The number of likely N-dealkylation sites (tertiary alicyclic amines) is 1. The number of aromatic nitrogens is 1. The average molecular weight is 483 g/mol. The van der Waals surface area contributed by atoms with Gasteiger partial charge in [-0.05, 0) is 60.0 Å². The SMILES string of the molecule is C=CCOc1cccc([C@@H]2C(=C(O)c3ccc4c(c3)C[C@H](C)O4)C(=O)C(=O)N2Cc2cccnc2)c1. The molecule has 2 aromatic carbocycles. The van der Waals surface area contributed by atoms with Crippen molar-refractivity contribution in [2.75, 3.05) is 6.61 Å². The van der Waals surface area contributed by atoms with Crippen LogP contribution in [0.4, 0.5) is 0 Å². The van der Waals surface area contributed by atoms with Crippen molar-refractivity contribution in [1.82, 2.24) is 9.88 Å². The van der Waals surface area contributed by atoms with Crippen LogP contribution >= 0.6 is 0 Å². The molecule has 0 saturated carbocycles. The van der Waals surface area contributed by atoms with Crippen LogP contribution in [0.5, 0.6) is 11.5 Å². The van der Waals surface area contributed by atoms with Crippen LogP contribution in [0.2, 0.25) is 0 Å². The van der Waals surface area contributed by atoms with Gasteiger partial charge in [-0.2, -0.15) is 0 Å². The van der Waals surface area contributed by atoms with E-state index >= 15 is 0 Å². The molecule has 1 aromatic heterocycles. The Morgan fingerprint density at radius 1 is 1.22 bits per heavy atom. The molecule has 2 aliphatic rings. The van der Waals surface area contributed by atoms with Gasteiger partial charge in [-0.3, -0.25) is 14.6 Å². The quantitative estimate of drug-likeness (QED) is 0.229. The summed E-state index contributed by atoms with van der Waals surface area (Å²) in [6.45, 7) is 6.13. The minimum Gasteiger partial charge on any atom is -0.507 e. The third-order valence-corrected chi connectivity index (χ3v) is 6.33. The molecule has 1 saturated heterocycles. The average Bonchev–Trinajstić information content (AvgIpc) is 3.39. The van der Waals surface area contributed by atoms with Gasteiger partial charge in [-0.1, -0.05) is 30.9 Å². The molecule has 7 heteroatoms. The van der Waals surface area contributed by atoms with Crippen molar-refractivity contribution < 1.29 is 24.2 Å². The molecule has 1 fully saturated rings. The highest BCUT2D eigenvalue weighted by Crippen LogP contribution is 2.42. The molecule has 0 radical (unpaired) electrons. The van der Waals surface area contributed by atoms with E-state index < -0.39 is 17.7 Å². The number of ketones is 1. The van der Waals surface area contributed by atoms with Crippen molar-refractivity contribution in [3.8, 4) is 11.5 Å². The summed E-state index contributed by atoms with van der Waals surface area (Å²) in [6, 6.07) is 15.3. The molecule has 1 amide bonds. The lowest BCUT2D eigenvalue weighted by Crippen LogP contribution is -2.29. The summed E-state index contributed by atoms with van der Waals surface area (Å²) in [6.07, 6.45) is 5.69. The molecule has 1 N–H and O–H groups in total. The zero-order valence-corrected chi connectivity index (χ0v) is 19.9. The third kappa shape index (κ3) is 4.35. The molecule has 0 bridgehead atoms. The first-order valence-electron chi connectivity index (χ1n) is 11.8. The zero-order chi connectivity index (χ0) is 25.2. The van der Waals surface area contributed by atoms with Crippen LogP contribution in [0.3, 0.4) is 0 Å². The lowest BCUT2D eigenvalue weighted by Gasteiger charge is -2.25. The first-order valence-corrected chi connectivity index (χ1v) is 11.8. The van der Waals surface area contributed by atoms with Gasteiger partial charge < -0.3 is 19.5 Å². The van der Waals surface area contributed by atoms with Gasteiger partial charge in [0.15, 0.2) is 0 Å². The number of carbonyl (C=O) groups excluding carboxylic acids is 2. The molecule has 182 valence electrons. The first-order chi connectivity index (χ1) is 17.5. The second kappa shape index (κ2) is 9.70. The first kappa shape index (κ1) is 23.4. The van der Waals surface area contributed by atoms with Gasteiger partial charge >= 0.3 is 0 Å². The van der Waals surface area contributed by atoms with E-state index in [0.29, 0.717) is 29.9 Å². The van der Waals surface area contributed by atoms with Crippen LogP contribution in [0, 0.1) is 0 Å². The molecule has 2 aliphatic heterocycles. The lowest BCUT2D eigenvalue weighted by atomic mass is 9.94. The van der Waals surface area contributed by atoms with E-state index in [-0.39, 0.29) is 24.0 Å². The van der Waals surface area contributed by atoms with Crippen molar-refractivity contribution in [2.45, 2.75) is 32.0 Å². The predicted octanol–water partition coefficient (Wildman–Crippen LogP) is 4.59. The van der Waals surface area contributed by atoms with Crippen molar-refractivity contribution in [1.29, 1.82) is 0 Å². The van der Waals surface area contributed by atoms with Crippen molar-refractivity contribution in [3.63, 3.8) is 0 Å². The minimum absolute atomic E-state index is 0.0386. The van der Waals surface area contributed by atoms with Crippen molar-refractivity contribution >= 4 is 17.4 Å². The maximum absolute atomic E-state index is 13.4. The van der Waals surface area contributed by atoms with Gasteiger partial charge in [-0.15, -0.1) is 0 Å². The topological polar surface area (TPSA) is 89.0 Å². The van der Waals surface area contributed by atoms with Crippen molar-refractivity contribution in [3.05, 3.63) is 107 Å². The summed E-state index contributed by atoms with van der Waals surface area (Å²) in [5, 5.41) is 11.4. The van der Waals surface area contributed by atoms with Gasteiger partial charge in [0.2, 0.25) is 0 Å². The Hall–Kier alpha value is -4.39. The summed E-state index contributed by atoms with van der Waals surface area (Å²) in [5.41, 5.74) is 2.88. The molecular weight excluding hydrogens is 456 g/mol. The van der Waals surface area contributed by atoms with Crippen LogP contribution < -0.4 is 9.47 Å². The van der Waals surface area contributed by atoms with Crippen LogP contribution in [0.25, 0.3) is 5.76 Å². The lowest BCUT2D eigenvalue weighted by molar-refractivity contribution is -0.140. The monoisotopic (exact) mass is 482 g/mol. The van der Waals surface area contributed by atoms with Gasteiger partial charge in [0.1, 0.15) is 30.0 Å². The van der Waals surface area contributed by atoms with E-state index in [9.17, 15) is 14.7 Å². The zero-order valence-electron chi connectivity index (χ0n) is 19.9. The Morgan fingerprint density at radius 3 is 2.86 bits per heavy atom. The Bertz CT molecular complexity index is 1370. The fourth-order valence-corrected chi connectivity index (χ4v) is 4.73. The van der Waals surface area contributed by atoms with Crippen molar-refractivity contribution in [2.24, 2.45) is 0 Å². The third-order valence-electron chi connectivity index (χ3n) is 6.33. The number of rotatable bonds is 7. The minimum atomic E-state index is -0.805. The Morgan fingerprint density at radius 2 is 2.08 bits per heavy atom. The fraction of sp³-hybridized carbons (Fsp3) is 0.207. The summed E-state index contributed by atoms with van der Waals surface area (Å²) in [7, 11) is 0. The van der Waals surface area contributed by atoms with E-state index in [1.807, 2.05) is 25.1 Å². The number of aliphatic hydroxyl groups excluding tert-OH is 1. The smallest absolute Gasteiger partial charge is 0.295 e. The van der Waals surface area contributed by atoms with E-state index in [0.717, 1.165) is 16.9 Å². The molecule has 0 spiro atoms. The predicted molar refractivity (Wildman–Crippen MR) is 134 cm³/mol. The summed E-state index contributed by atoms with van der Waals surface area (Å²) in [4.78, 5) is 32.2. The molecule has 5 rings (SSSR count). The molecule has 36 heavy (non-hydrogen) atoms. The standard InChI is InChI=1S/C29H26N2O5/c1-3-12-35-23-8-4-7-20(15-23)26-25(27(32)21-9-10-24-22(14-21)13-18(2)36-24)28(33)29(34)31(26)17-19-6-5-11-30-16-19/h3-11,14-16,18,26,32H,1,12-13,17H2,2H3/t18-,26+/m0/s1. The maximum Gasteiger partial charge on any atom is 0.295 e. The second-order valence-electron chi connectivity index (χ2n) is 8.92. The number of Topliss-reactive ketones (excluding diaryl/α,β-unsaturated/α-hetero) is 1. The summed E-state index contributed by atoms with van der Waals surface area (Å²) < 4.78 is 11.5. The highest BCUT2D eigenvalue weighted by atomic mass is 16.5. The molecule has 2 atom stereocenters. The van der Waals surface area contributed by atoms with Gasteiger partial charge in [0, 0.05) is 30.9 Å². The Kier molecular flexibility index (Phi) is 6.29. The number of carbonyl (C=O) groups is 2. The molecular formula is C29H26N2O5.